The minimum Gasteiger partial charge on any atom is -0.480 e. The predicted octanol–water partition coefficient (Wildman–Crippen LogP) is 2.18. The van der Waals surface area contributed by atoms with E-state index in [9.17, 15) is 19.6 Å². The summed E-state index contributed by atoms with van der Waals surface area (Å²) in [5, 5.41) is 18.8. The molecule has 9 nitrogen and oxygen atoms in total. The molecule has 2 saturated heterocycles. The summed E-state index contributed by atoms with van der Waals surface area (Å²) in [5.41, 5.74) is 1.78. The Morgan fingerprint density at radius 3 is 2.40 bits per heavy atom. The number of aliphatic carboxylic acids is 1. The van der Waals surface area contributed by atoms with Gasteiger partial charge in [-0.3, -0.25) is 23.9 Å². The van der Waals surface area contributed by atoms with Gasteiger partial charge in [-0.1, -0.05) is 42.2 Å². The molecule has 3 heterocycles. The molecule has 1 aromatic heterocycles. The summed E-state index contributed by atoms with van der Waals surface area (Å²) in [4.78, 5) is 42.7. The molecule has 180 valence electrons. The van der Waals surface area contributed by atoms with E-state index >= 15 is 0 Å². The smallest absolute Gasteiger partial charge is 0.323 e. The number of aromatic nitrogens is 1. The zero-order valence-electron chi connectivity index (χ0n) is 19.2. The molecule has 2 aliphatic heterocycles. The lowest BCUT2D eigenvalue weighted by Gasteiger charge is -2.38. The van der Waals surface area contributed by atoms with Crippen LogP contribution < -0.4 is 15.4 Å². The van der Waals surface area contributed by atoms with E-state index in [0.29, 0.717) is 30.0 Å². The molecular weight excluding hydrogens is 486 g/mol. The zero-order valence-corrected chi connectivity index (χ0v) is 20.9. The number of nitrogens with zero attached hydrogens (tertiary/aromatic N) is 5. The summed E-state index contributed by atoms with van der Waals surface area (Å²) < 4.78 is 1.61. The SMILES string of the molecule is Cc1c(/C=C2/SC(=S)N(CC(=O)O)C2=O)c(N2CCN(c3ccccc3)CC2)n(C)c(=O)c1C#N. The Morgan fingerprint density at radius 2 is 1.80 bits per heavy atom. The van der Waals surface area contributed by atoms with Gasteiger partial charge in [-0.15, -0.1) is 0 Å². The van der Waals surface area contributed by atoms with Crippen LogP contribution >= 0.6 is 24.0 Å². The first-order chi connectivity index (χ1) is 16.7. The number of amides is 1. The number of carbonyl (C=O) groups is 2. The van der Waals surface area contributed by atoms with Crippen LogP contribution in [0.15, 0.2) is 40.0 Å². The maximum Gasteiger partial charge on any atom is 0.323 e. The van der Waals surface area contributed by atoms with E-state index in [1.807, 2.05) is 24.3 Å². The van der Waals surface area contributed by atoms with Crippen molar-refractivity contribution >= 4 is 57.8 Å². The zero-order chi connectivity index (χ0) is 25.3. The standard InChI is InChI=1S/C24H23N5O4S2/c1-15-17(12-19-23(33)29(14-20(30)31)24(34)35-19)21(26(2)22(32)18(15)13-25)28-10-8-27(9-11-28)16-6-4-3-5-7-16/h3-7,12H,8-11,14H2,1-2H3,(H,30,31)/b19-12+. The van der Waals surface area contributed by atoms with E-state index in [1.54, 1.807) is 20.0 Å². The minimum absolute atomic E-state index is 0.00596. The second kappa shape index (κ2) is 9.93. The monoisotopic (exact) mass is 509 g/mol. The summed E-state index contributed by atoms with van der Waals surface area (Å²) in [6.07, 6.45) is 1.62. The molecule has 0 bridgehead atoms. The van der Waals surface area contributed by atoms with Crippen molar-refractivity contribution in [2.45, 2.75) is 6.92 Å². The summed E-state index contributed by atoms with van der Waals surface area (Å²) in [6, 6.07) is 12.1. The molecule has 1 N–H and O–H groups in total. The number of piperazine rings is 1. The Labute approximate surface area is 211 Å². The normalized spacial score (nSPS) is 17.3. The molecule has 2 fully saturated rings. The van der Waals surface area contributed by atoms with Crippen molar-refractivity contribution in [2.24, 2.45) is 7.05 Å². The fraction of sp³-hybridized carbons (Fsp3) is 0.292. The Morgan fingerprint density at radius 1 is 1.17 bits per heavy atom. The topological polar surface area (TPSA) is 110 Å². The second-order valence-corrected chi connectivity index (χ2v) is 9.86. The number of rotatable bonds is 5. The number of thiocarbonyl (C=S) groups is 1. The highest BCUT2D eigenvalue weighted by Gasteiger charge is 2.34. The average molecular weight is 510 g/mol. The number of hydrogen-bond acceptors (Lipinski definition) is 8. The van der Waals surface area contributed by atoms with Crippen molar-refractivity contribution in [1.82, 2.24) is 9.47 Å². The van der Waals surface area contributed by atoms with Gasteiger partial charge in [-0.2, -0.15) is 5.26 Å². The fourth-order valence-electron chi connectivity index (χ4n) is 4.31. The van der Waals surface area contributed by atoms with Crippen LogP contribution in [-0.2, 0) is 16.6 Å². The number of carboxylic acids is 1. The third-order valence-corrected chi connectivity index (χ3v) is 7.49. The first-order valence-corrected chi connectivity index (χ1v) is 12.1. The third-order valence-electron chi connectivity index (χ3n) is 6.11. The Bertz CT molecular complexity index is 1340. The molecule has 2 aromatic rings. The first-order valence-electron chi connectivity index (χ1n) is 10.9. The lowest BCUT2D eigenvalue weighted by atomic mass is 10.0. The fourth-order valence-corrected chi connectivity index (χ4v) is 5.55. The van der Waals surface area contributed by atoms with Crippen LogP contribution in [0, 0.1) is 18.3 Å². The summed E-state index contributed by atoms with van der Waals surface area (Å²) in [7, 11) is 1.62. The molecule has 11 heteroatoms. The quantitative estimate of drug-likeness (QED) is 0.479. The maximum absolute atomic E-state index is 13.0. The van der Waals surface area contributed by atoms with Gasteiger partial charge in [-0.25, -0.2) is 0 Å². The van der Waals surface area contributed by atoms with Gasteiger partial charge in [0, 0.05) is 44.5 Å². The molecular formula is C24H23N5O4S2. The van der Waals surface area contributed by atoms with Gasteiger partial charge in [0.1, 0.15) is 28.3 Å². The average Bonchev–Trinajstić information content (AvgIpc) is 3.11. The second-order valence-electron chi connectivity index (χ2n) is 8.18. The van der Waals surface area contributed by atoms with Crippen molar-refractivity contribution in [1.29, 1.82) is 5.26 Å². The molecule has 0 aliphatic carbocycles. The molecule has 0 radical (unpaired) electrons. The molecule has 0 unspecified atom stereocenters. The van der Waals surface area contributed by atoms with E-state index in [1.165, 1.54) is 4.57 Å². The van der Waals surface area contributed by atoms with Crippen molar-refractivity contribution in [3.63, 3.8) is 0 Å². The highest BCUT2D eigenvalue weighted by atomic mass is 32.2. The van der Waals surface area contributed by atoms with Crippen LogP contribution in [0.4, 0.5) is 11.5 Å². The summed E-state index contributed by atoms with van der Waals surface area (Å²) >= 11 is 6.23. The number of thioether (sulfide) groups is 1. The third kappa shape index (κ3) is 4.67. The first kappa shape index (κ1) is 24.5. The van der Waals surface area contributed by atoms with E-state index < -0.39 is 24.0 Å². The van der Waals surface area contributed by atoms with Crippen LogP contribution in [0.1, 0.15) is 16.7 Å². The molecule has 1 amide bonds. The number of hydrogen-bond donors (Lipinski definition) is 1. The highest BCUT2D eigenvalue weighted by Crippen LogP contribution is 2.36. The largest absolute Gasteiger partial charge is 0.480 e. The number of carbonyl (C=O) groups excluding carboxylic acids is 1. The van der Waals surface area contributed by atoms with Gasteiger partial charge in [0.05, 0.1) is 4.91 Å². The van der Waals surface area contributed by atoms with Gasteiger partial charge in [0.25, 0.3) is 11.5 Å². The van der Waals surface area contributed by atoms with Gasteiger partial charge in [-0.05, 0) is 30.7 Å². The van der Waals surface area contributed by atoms with Crippen LogP contribution in [-0.4, -0.2) is 63.5 Å². The number of pyridine rings is 1. The van der Waals surface area contributed by atoms with Crippen LogP contribution in [0.3, 0.4) is 0 Å². The Hall–Kier alpha value is -3.62. The molecule has 0 atom stereocenters. The number of para-hydroxylation sites is 1. The summed E-state index contributed by atoms with van der Waals surface area (Å²) in [5.74, 6) is -1.05. The number of carboxylic acid groups (broad SMARTS) is 1. The van der Waals surface area contributed by atoms with E-state index in [4.69, 9.17) is 17.3 Å². The Balaban J connectivity index is 1.74. The Kier molecular flexibility index (Phi) is 6.95. The highest BCUT2D eigenvalue weighted by molar-refractivity contribution is 8.26. The molecule has 2 aliphatic rings. The minimum atomic E-state index is -1.16. The van der Waals surface area contributed by atoms with Gasteiger partial charge < -0.3 is 14.9 Å². The van der Waals surface area contributed by atoms with Crippen molar-refractivity contribution < 1.29 is 14.7 Å². The predicted molar refractivity (Wildman–Crippen MR) is 140 cm³/mol. The summed E-state index contributed by atoms with van der Waals surface area (Å²) in [6.45, 7) is 3.90. The van der Waals surface area contributed by atoms with E-state index in [0.717, 1.165) is 35.4 Å². The number of anilines is 2. The van der Waals surface area contributed by atoms with E-state index in [2.05, 4.69) is 21.9 Å². The van der Waals surface area contributed by atoms with Crippen LogP contribution in [0.25, 0.3) is 6.08 Å². The number of nitriles is 1. The van der Waals surface area contributed by atoms with Crippen molar-refractivity contribution in [3.8, 4) is 6.07 Å². The lowest BCUT2D eigenvalue weighted by Crippen LogP contribution is -2.48. The van der Waals surface area contributed by atoms with E-state index in [-0.39, 0.29) is 14.8 Å². The molecule has 1 aromatic carbocycles. The number of benzene rings is 1. The van der Waals surface area contributed by atoms with Crippen LogP contribution in [0.2, 0.25) is 0 Å². The molecule has 35 heavy (non-hydrogen) atoms. The van der Waals surface area contributed by atoms with Gasteiger partial charge in [0.15, 0.2) is 0 Å². The van der Waals surface area contributed by atoms with Crippen molar-refractivity contribution in [2.75, 3.05) is 42.5 Å². The maximum atomic E-state index is 13.0. The van der Waals surface area contributed by atoms with Crippen molar-refractivity contribution in [3.05, 3.63) is 62.3 Å². The molecule has 4 rings (SSSR count). The molecule has 0 spiro atoms. The lowest BCUT2D eigenvalue weighted by molar-refractivity contribution is -0.140. The van der Waals surface area contributed by atoms with Gasteiger partial charge in [0.2, 0.25) is 0 Å². The van der Waals surface area contributed by atoms with Crippen LogP contribution in [0.5, 0.6) is 0 Å². The molecule has 0 saturated carbocycles. The van der Waals surface area contributed by atoms with Gasteiger partial charge >= 0.3 is 5.97 Å².